The van der Waals surface area contributed by atoms with Gasteiger partial charge in [-0.25, -0.2) is 8.78 Å². The van der Waals surface area contributed by atoms with Crippen molar-refractivity contribution in [3.05, 3.63) is 35.4 Å². The zero-order chi connectivity index (χ0) is 12.6. The van der Waals surface area contributed by atoms with Gasteiger partial charge in [0.2, 0.25) is 5.91 Å². The molecule has 1 aromatic rings. The first-order chi connectivity index (χ1) is 7.99. The minimum Gasteiger partial charge on any atom is -0.369 e. The lowest BCUT2D eigenvalue weighted by Crippen LogP contribution is -2.54. The molecular formula is C11H10F2N2O2. The molecule has 90 valence electrons. The monoisotopic (exact) mass is 240 g/mol. The summed E-state index contributed by atoms with van der Waals surface area (Å²) in [5, 5.41) is 0. The lowest BCUT2D eigenvalue weighted by molar-refractivity contribution is -0.125. The maximum Gasteiger partial charge on any atom is 0.254 e. The fraction of sp³-hybridized carbons (Fsp3) is 0.273. The average Bonchev–Trinajstić information content (AvgIpc) is 2.19. The molecule has 1 aromatic carbocycles. The third kappa shape index (κ3) is 2.11. The smallest absolute Gasteiger partial charge is 0.254 e. The third-order valence-electron chi connectivity index (χ3n) is 2.74. The number of hydrogen-bond donors (Lipinski definition) is 1. The van der Waals surface area contributed by atoms with E-state index in [1.54, 1.807) is 0 Å². The second-order valence-electron chi connectivity index (χ2n) is 3.94. The van der Waals surface area contributed by atoms with Gasteiger partial charge in [-0.2, -0.15) is 0 Å². The molecule has 0 bridgehead atoms. The lowest BCUT2D eigenvalue weighted by Gasteiger charge is -2.37. The molecule has 0 saturated carbocycles. The van der Waals surface area contributed by atoms with Gasteiger partial charge in [-0.05, 0) is 18.2 Å². The summed E-state index contributed by atoms with van der Waals surface area (Å²) in [5.74, 6) is -3.30. The van der Waals surface area contributed by atoms with Gasteiger partial charge in [0.25, 0.3) is 5.91 Å². The van der Waals surface area contributed by atoms with Crippen molar-refractivity contribution in [3.63, 3.8) is 0 Å². The van der Waals surface area contributed by atoms with Gasteiger partial charge in [-0.3, -0.25) is 9.59 Å². The van der Waals surface area contributed by atoms with Crippen molar-refractivity contribution in [2.75, 3.05) is 13.1 Å². The van der Waals surface area contributed by atoms with E-state index in [2.05, 4.69) is 0 Å². The number of rotatable bonds is 2. The van der Waals surface area contributed by atoms with Gasteiger partial charge in [0.1, 0.15) is 0 Å². The van der Waals surface area contributed by atoms with Crippen molar-refractivity contribution in [2.45, 2.75) is 0 Å². The Morgan fingerprint density at radius 3 is 2.41 bits per heavy atom. The van der Waals surface area contributed by atoms with Crippen molar-refractivity contribution in [1.29, 1.82) is 0 Å². The van der Waals surface area contributed by atoms with Crippen LogP contribution < -0.4 is 5.73 Å². The van der Waals surface area contributed by atoms with Crippen LogP contribution in [-0.2, 0) is 4.79 Å². The Bertz CT molecular complexity index is 484. The summed E-state index contributed by atoms with van der Waals surface area (Å²) in [6.07, 6.45) is 0. The summed E-state index contributed by atoms with van der Waals surface area (Å²) in [4.78, 5) is 23.9. The van der Waals surface area contributed by atoms with E-state index in [-0.39, 0.29) is 24.6 Å². The van der Waals surface area contributed by atoms with Gasteiger partial charge >= 0.3 is 0 Å². The molecule has 4 nitrogen and oxygen atoms in total. The molecule has 17 heavy (non-hydrogen) atoms. The van der Waals surface area contributed by atoms with Gasteiger partial charge < -0.3 is 10.6 Å². The molecule has 2 N–H and O–H groups in total. The maximum atomic E-state index is 12.9. The molecule has 0 aliphatic carbocycles. The second-order valence-corrected chi connectivity index (χ2v) is 3.94. The first-order valence-electron chi connectivity index (χ1n) is 5.02. The van der Waals surface area contributed by atoms with Crippen LogP contribution in [0.3, 0.4) is 0 Å². The molecule has 0 atom stereocenters. The van der Waals surface area contributed by atoms with E-state index >= 15 is 0 Å². The van der Waals surface area contributed by atoms with E-state index in [0.717, 1.165) is 12.1 Å². The normalized spacial score (nSPS) is 15.5. The Morgan fingerprint density at radius 1 is 1.24 bits per heavy atom. The largest absolute Gasteiger partial charge is 0.369 e. The number of nitrogens with two attached hydrogens (primary N) is 1. The van der Waals surface area contributed by atoms with Crippen LogP contribution in [0, 0.1) is 17.6 Å². The SMILES string of the molecule is NC(=O)C1CN(C(=O)c2ccc(F)c(F)c2)C1. The molecule has 6 heteroatoms. The van der Waals surface area contributed by atoms with Crippen molar-refractivity contribution < 1.29 is 18.4 Å². The average molecular weight is 240 g/mol. The van der Waals surface area contributed by atoms with Gasteiger partial charge in [0, 0.05) is 18.7 Å². The number of primary amides is 1. The zero-order valence-corrected chi connectivity index (χ0v) is 8.82. The number of carbonyl (C=O) groups is 2. The number of nitrogens with zero attached hydrogens (tertiary/aromatic N) is 1. The molecule has 1 aliphatic rings. The van der Waals surface area contributed by atoms with Gasteiger partial charge in [-0.1, -0.05) is 0 Å². The molecule has 0 aromatic heterocycles. The quantitative estimate of drug-likeness (QED) is 0.819. The zero-order valence-electron chi connectivity index (χ0n) is 8.82. The molecule has 0 unspecified atom stereocenters. The Hall–Kier alpha value is -1.98. The summed E-state index contributed by atoms with van der Waals surface area (Å²) in [7, 11) is 0. The molecule has 0 spiro atoms. The van der Waals surface area contributed by atoms with E-state index in [0.29, 0.717) is 0 Å². The van der Waals surface area contributed by atoms with Crippen molar-refractivity contribution in [1.82, 2.24) is 4.90 Å². The Labute approximate surface area is 96.0 Å². The second kappa shape index (κ2) is 4.12. The van der Waals surface area contributed by atoms with Crippen LogP contribution >= 0.6 is 0 Å². The maximum absolute atomic E-state index is 12.9. The first kappa shape index (κ1) is 11.5. The summed E-state index contributed by atoms with van der Waals surface area (Å²) in [6, 6.07) is 2.95. The predicted octanol–water partition coefficient (Wildman–Crippen LogP) is 0.522. The van der Waals surface area contributed by atoms with Crippen LogP contribution in [0.15, 0.2) is 18.2 Å². The number of likely N-dealkylation sites (tertiary alicyclic amines) is 1. The Morgan fingerprint density at radius 2 is 1.88 bits per heavy atom. The van der Waals surface area contributed by atoms with E-state index < -0.39 is 23.4 Å². The van der Waals surface area contributed by atoms with Crippen LogP contribution in [0.5, 0.6) is 0 Å². The molecular weight excluding hydrogens is 230 g/mol. The predicted molar refractivity (Wildman–Crippen MR) is 54.9 cm³/mol. The Kier molecular flexibility index (Phi) is 2.79. The lowest BCUT2D eigenvalue weighted by atomic mass is 9.98. The van der Waals surface area contributed by atoms with E-state index in [1.165, 1.54) is 11.0 Å². The van der Waals surface area contributed by atoms with E-state index in [1.807, 2.05) is 0 Å². The molecule has 1 aliphatic heterocycles. The highest BCUT2D eigenvalue weighted by Gasteiger charge is 2.34. The van der Waals surface area contributed by atoms with Crippen molar-refractivity contribution in [2.24, 2.45) is 11.7 Å². The first-order valence-corrected chi connectivity index (χ1v) is 5.02. The highest BCUT2D eigenvalue weighted by molar-refractivity contribution is 5.96. The molecule has 1 saturated heterocycles. The number of hydrogen-bond acceptors (Lipinski definition) is 2. The fourth-order valence-corrected chi connectivity index (χ4v) is 1.64. The standard InChI is InChI=1S/C11H10F2N2O2/c12-8-2-1-6(3-9(8)13)11(17)15-4-7(5-15)10(14)16/h1-3,7H,4-5H2,(H2,14,16). The van der Waals surface area contributed by atoms with Gasteiger partial charge in [0.05, 0.1) is 5.92 Å². The highest BCUT2D eigenvalue weighted by atomic mass is 19.2. The Balaban J connectivity index is 2.06. The number of benzene rings is 1. The van der Waals surface area contributed by atoms with Crippen LogP contribution in [0.25, 0.3) is 0 Å². The van der Waals surface area contributed by atoms with Gasteiger partial charge in [0.15, 0.2) is 11.6 Å². The molecule has 2 amide bonds. The molecule has 1 fully saturated rings. The topological polar surface area (TPSA) is 63.4 Å². The van der Waals surface area contributed by atoms with Gasteiger partial charge in [-0.15, -0.1) is 0 Å². The van der Waals surface area contributed by atoms with Crippen LogP contribution in [0.1, 0.15) is 10.4 Å². The molecule has 2 rings (SSSR count). The molecule has 0 radical (unpaired) electrons. The summed E-state index contributed by atoms with van der Waals surface area (Å²) < 4.78 is 25.6. The van der Waals surface area contributed by atoms with Crippen molar-refractivity contribution in [3.8, 4) is 0 Å². The number of carbonyl (C=O) groups excluding carboxylic acids is 2. The summed E-state index contributed by atoms with van der Waals surface area (Å²) in [6.45, 7) is 0.459. The fourth-order valence-electron chi connectivity index (χ4n) is 1.64. The third-order valence-corrected chi connectivity index (χ3v) is 2.74. The number of halogens is 2. The van der Waals surface area contributed by atoms with Crippen LogP contribution in [0.2, 0.25) is 0 Å². The minimum atomic E-state index is -1.07. The van der Waals surface area contributed by atoms with E-state index in [4.69, 9.17) is 5.73 Å². The highest BCUT2D eigenvalue weighted by Crippen LogP contribution is 2.19. The summed E-state index contributed by atoms with van der Waals surface area (Å²) in [5.41, 5.74) is 5.12. The van der Waals surface area contributed by atoms with E-state index in [9.17, 15) is 18.4 Å². The van der Waals surface area contributed by atoms with Crippen molar-refractivity contribution >= 4 is 11.8 Å². The minimum absolute atomic E-state index is 0.0619. The number of amides is 2. The summed E-state index contributed by atoms with van der Waals surface area (Å²) >= 11 is 0. The van der Waals surface area contributed by atoms with Crippen LogP contribution in [-0.4, -0.2) is 29.8 Å². The van der Waals surface area contributed by atoms with Crippen LogP contribution in [0.4, 0.5) is 8.78 Å². The molecule has 1 heterocycles.